The standard InChI is InChI=1S/C23H20ClN3O4S/c1-13-7-3-6-10-17(13)26-18(28)12-32-22-15(11-25)19(14-8-4-5-9-16(14)24)20(21(29)27-22)23(30)31-2/h3-10,19-20H,12H2,1-2H3,(H,26,28)(H,27,29)/t19-,20+/m0/s1. The van der Waals surface area contributed by atoms with Crippen LogP contribution in [0.3, 0.4) is 0 Å². The monoisotopic (exact) mass is 469 g/mol. The van der Waals surface area contributed by atoms with Crippen molar-refractivity contribution < 1.29 is 19.1 Å². The van der Waals surface area contributed by atoms with Crippen LogP contribution < -0.4 is 10.6 Å². The van der Waals surface area contributed by atoms with E-state index in [0.717, 1.165) is 17.3 Å². The van der Waals surface area contributed by atoms with Gasteiger partial charge in [0.05, 0.1) is 29.5 Å². The van der Waals surface area contributed by atoms with Gasteiger partial charge in [0.15, 0.2) is 0 Å². The number of para-hydroxylation sites is 1. The molecule has 0 spiro atoms. The molecule has 2 atom stereocenters. The number of nitrogens with one attached hydrogen (secondary N) is 2. The number of halogens is 1. The van der Waals surface area contributed by atoms with E-state index in [9.17, 15) is 19.6 Å². The number of thioether (sulfide) groups is 1. The third-order valence-corrected chi connectivity index (χ3v) is 6.35. The van der Waals surface area contributed by atoms with Crippen LogP contribution in [0.1, 0.15) is 17.0 Å². The lowest BCUT2D eigenvalue weighted by Gasteiger charge is -2.31. The molecule has 1 aliphatic heterocycles. The summed E-state index contributed by atoms with van der Waals surface area (Å²) in [5.41, 5.74) is 2.19. The maximum absolute atomic E-state index is 12.8. The summed E-state index contributed by atoms with van der Waals surface area (Å²) < 4.78 is 4.81. The Morgan fingerprint density at radius 2 is 1.91 bits per heavy atom. The van der Waals surface area contributed by atoms with E-state index < -0.39 is 23.7 Å². The molecule has 2 N–H and O–H groups in total. The Morgan fingerprint density at radius 3 is 2.56 bits per heavy atom. The lowest BCUT2D eigenvalue weighted by atomic mass is 9.78. The van der Waals surface area contributed by atoms with Crippen molar-refractivity contribution in [2.24, 2.45) is 5.92 Å². The molecule has 9 heteroatoms. The minimum atomic E-state index is -1.28. The summed E-state index contributed by atoms with van der Waals surface area (Å²) in [7, 11) is 1.18. The van der Waals surface area contributed by atoms with Crippen LogP contribution in [0.5, 0.6) is 0 Å². The number of hydrogen-bond donors (Lipinski definition) is 2. The van der Waals surface area contributed by atoms with Crippen molar-refractivity contribution in [2.45, 2.75) is 12.8 Å². The van der Waals surface area contributed by atoms with Crippen molar-refractivity contribution in [3.8, 4) is 6.07 Å². The average Bonchev–Trinajstić information content (AvgIpc) is 2.78. The molecule has 3 rings (SSSR count). The van der Waals surface area contributed by atoms with Gasteiger partial charge in [0.2, 0.25) is 11.8 Å². The second kappa shape index (κ2) is 10.4. The third kappa shape index (κ3) is 4.96. The van der Waals surface area contributed by atoms with Gasteiger partial charge in [-0.1, -0.05) is 59.8 Å². The van der Waals surface area contributed by atoms with Crippen molar-refractivity contribution in [1.82, 2.24) is 5.32 Å². The van der Waals surface area contributed by atoms with Crippen LogP contribution in [0.4, 0.5) is 5.69 Å². The Labute approximate surface area is 194 Å². The Bertz CT molecular complexity index is 1140. The zero-order valence-corrected chi connectivity index (χ0v) is 18.9. The van der Waals surface area contributed by atoms with E-state index in [1.54, 1.807) is 30.3 Å². The zero-order valence-electron chi connectivity index (χ0n) is 17.3. The number of amides is 2. The highest BCUT2D eigenvalue weighted by molar-refractivity contribution is 8.03. The molecule has 0 aliphatic carbocycles. The smallest absolute Gasteiger partial charge is 0.319 e. The predicted molar refractivity (Wildman–Crippen MR) is 123 cm³/mol. The first-order valence-electron chi connectivity index (χ1n) is 9.63. The normalized spacial score (nSPS) is 17.9. The summed E-state index contributed by atoms with van der Waals surface area (Å²) in [4.78, 5) is 37.7. The largest absolute Gasteiger partial charge is 0.468 e. The van der Waals surface area contributed by atoms with Gasteiger partial charge in [-0.3, -0.25) is 14.4 Å². The molecule has 0 radical (unpaired) electrons. The number of ether oxygens (including phenoxy) is 1. The van der Waals surface area contributed by atoms with Gasteiger partial charge >= 0.3 is 5.97 Å². The summed E-state index contributed by atoms with van der Waals surface area (Å²) in [5, 5.41) is 15.8. The summed E-state index contributed by atoms with van der Waals surface area (Å²) in [6.07, 6.45) is 0. The summed E-state index contributed by atoms with van der Waals surface area (Å²) >= 11 is 7.34. The topological polar surface area (TPSA) is 108 Å². The Hall–Kier alpha value is -3.28. The van der Waals surface area contributed by atoms with Gasteiger partial charge in [-0.05, 0) is 30.2 Å². The summed E-state index contributed by atoms with van der Waals surface area (Å²) in [5.74, 6) is -3.96. The van der Waals surface area contributed by atoms with Gasteiger partial charge in [0.25, 0.3) is 0 Å². The molecule has 32 heavy (non-hydrogen) atoms. The zero-order chi connectivity index (χ0) is 23.3. The van der Waals surface area contributed by atoms with Crippen molar-refractivity contribution in [2.75, 3.05) is 18.2 Å². The van der Waals surface area contributed by atoms with Crippen LogP contribution in [0.15, 0.2) is 59.1 Å². The number of nitriles is 1. The highest BCUT2D eigenvalue weighted by Crippen LogP contribution is 2.42. The maximum Gasteiger partial charge on any atom is 0.319 e. The number of nitrogens with zero attached hydrogens (tertiary/aromatic N) is 1. The molecule has 7 nitrogen and oxygen atoms in total. The van der Waals surface area contributed by atoms with Crippen LogP contribution in [-0.4, -0.2) is 30.6 Å². The Balaban J connectivity index is 1.92. The van der Waals surface area contributed by atoms with Gasteiger partial charge in [0.1, 0.15) is 5.92 Å². The maximum atomic E-state index is 12.8. The Kier molecular flexibility index (Phi) is 7.57. The number of methoxy groups -OCH3 is 1. The van der Waals surface area contributed by atoms with Crippen molar-refractivity contribution in [1.29, 1.82) is 5.26 Å². The first kappa shape index (κ1) is 23.4. The molecule has 164 valence electrons. The van der Waals surface area contributed by atoms with E-state index in [-0.39, 0.29) is 22.3 Å². The van der Waals surface area contributed by atoms with Gasteiger partial charge in [-0.25, -0.2) is 0 Å². The van der Waals surface area contributed by atoms with E-state index in [4.69, 9.17) is 16.3 Å². The molecule has 0 unspecified atom stereocenters. The van der Waals surface area contributed by atoms with E-state index in [1.807, 2.05) is 25.1 Å². The molecule has 0 saturated carbocycles. The quantitative estimate of drug-likeness (QED) is 0.492. The number of esters is 1. The third-order valence-electron chi connectivity index (χ3n) is 4.99. The van der Waals surface area contributed by atoms with Gasteiger partial charge < -0.3 is 15.4 Å². The minimum Gasteiger partial charge on any atom is -0.468 e. The summed E-state index contributed by atoms with van der Waals surface area (Å²) in [6.45, 7) is 1.88. The molecule has 1 aliphatic rings. The van der Waals surface area contributed by atoms with Crippen LogP contribution in [0.2, 0.25) is 5.02 Å². The van der Waals surface area contributed by atoms with Gasteiger partial charge in [-0.15, -0.1) is 0 Å². The van der Waals surface area contributed by atoms with Crippen LogP contribution in [0, 0.1) is 24.2 Å². The summed E-state index contributed by atoms with van der Waals surface area (Å²) in [6, 6.07) is 16.1. The minimum absolute atomic E-state index is 0.0484. The van der Waals surface area contributed by atoms with Crippen molar-refractivity contribution >= 4 is 46.8 Å². The molecular formula is C23H20ClN3O4S. The van der Waals surface area contributed by atoms with Crippen molar-refractivity contribution in [3.63, 3.8) is 0 Å². The fourth-order valence-corrected chi connectivity index (χ4v) is 4.52. The first-order chi connectivity index (χ1) is 15.4. The molecule has 1 heterocycles. The fourth-order valence-electron chi connectivity index (χ4n) is 3.42. The average molecular weight is 470 g/mol. The number of rotatable bonds is 6. The molecule has 2 amide bonds. The Morgan fingerprint density at radius 1 is 1.22 bits per heavy atom. The molecule has 0 aromatic heterocycles. The van der Waals surface area contributed by atoms with E-state index in [1.165, 1.54) is 7.11 Å². The molecule has 0 bridgehead atoms. The number of hydrogen-bond acceptors (Lipinski definition) is 6. The first-order valence-corrected chi connectivity index (χ1v) is 11.0. The van der Waals surface area contributed by atoms with E-state index in [2.05, 4.69) is 16.7 Å². The number of anilines is 1. The second-order valence-corrected chi connectivity index (χ2v) is 8.39. The van der Waals surface area contributed by atoms with Crippen molar-refractivity contribution in [3.05, 3.63) is 75.3 Å². The number of allylic oxidation sites excluding steroid dienone is 1. The molecule has 2 aromatic carbocycles. The van der Waals surface area contributed by atoms with Crippen LogP contribution in [0.25, 0.3) is 0 Å². The highest BCUT2D eigenvalue weighted by atomic mass is 35.5. The molecule has 0 saturated heterocycles. The number of aryl methyl sites for hydroxylation is 1. The predicted octanol–water partition coefficient (Wildman–Crippen LogP) is 3.76. The van der Waals surface area contributed by atoms with Crippen LogP contribution in [-0.2, 0) is 19.1 Å². The molecule has 2 aromatic rings. The fraction of sp³-hybridized carbons (Fsp3) is 0.217. The van der Waals surface area contributed by atoms with E-state index in [0.29, 0.717) is 16.3 Å². The highest BCUT2D eigenvalue weighted by Gasteiger charge is 2.45. The molecule has 0 fully saturated rings. The second-order valence-electron chi connectivity index (χ2n) is 7.00. The number of benzene rings is 2. The lowest BCUT2D eigenvalue weighted by Crippen LogP contribution is -2.44. The SMILES string of the molecule is COC(=O)[C@H]1C(=O)NC(SCC(=O)Nc2ccccc2C)=C(C#N)[C@@H]1c1ccccc1Cl. The van der Waals surface area contributed by atoms with E-state index >= 15 is 0 Å². The number of carbonyl (C=O) groups is 3. The molecular weight excluding hydrogens is 450 g/mol. The lowest BCUT2D eigenvalue weighted by molar-refractivity contribution is -0.150. The van der Waals surface area contributed by atoms with Gasteiger partial charge in [0, 0.05) is 16.6 Å². The van der Waals surface area contributed by atoms with Crippen LogP contribution >= 0.6 is 23.4 Å². The number of carbonyl (C=O) groups excluding carboxylic acids is 3. The van der Waals surface area contributed by atoms with Gasteiger partial charge in [-0.2, -0.15) is 5.26 Å².